The molecule has 2 aliphatic rings. The van der Waals surface area contributed by atoms with Gasteiger partial charge in [0.15, 0.2) is 0 Å². The van der Waals surface area contributed by atoms with Crippen molar-refractivity contribution in [2.45, 2.75) is 19.4 Å². The predicted molar refractivity (Wildman–Crippen MR) is 94.0 cm³/mol. The van der Waals surface area contributed by atoms with E-state index in [0.717, 1.165) is 31.1 Å². The van der Waals surface area contributed by atoms with E-state index in [9.17, 15) is 0 Å². The van der Waals surface area contributed by atoms with Crippen LogP contribution in [0.25, 0.3) is 11.5 Å². The number of nitrogens with zero attached hydrogens (tertiary/aromatic N) is 5. The Balaban J connectivity index is 1.38. The fourth-order valence-electron chi connectivity index (χ4n) is 3.71. The van der Waals surface area contributed by atoms with Crippen LogP contribution in [0.2, 0.25) is 0 Å². The number of likely N-dealkylation sites (N-methyl/N-ethyl adjacent to an activating group) is 1. The molecule has 0 N–H and O–H groups in total. The van der Waals surface area contributed by atoms with Crippen LogP contribution in [0.3, 0.4) is 0 Å². The zero-order valence-electron chi connectivity index (χ0n) is 14.3. The van der Waals surface area contributed by atoms with Gasteiger partial charge in [-0.25, -0.2) is 0 Å². The van der Waals surface area contributed by atoms with Gasteiger partial charge < -0.3 is 14.3 Å². The van der Waals surface area contributed by atoms with E-state index >= 15 is 0 Å². The van der Waals surface area contributed by atoms with Gasteiger partial charge in [-0.15, -0.1) is 0 Å². The molecule has 1 unspecified atom stereocenters. The van der Waals surface area contributed by atoms with E-state index in [1.165, 1.54) is 32.6 Å². The third-order valence-electron chi connectivity index (χ3n) is 5.25. The van der Waals surface area contributed by atoms with E-state index in [-0.39, 0.29) is 0 Å². The summed E-state index contributed by atoms with van der Waals surface area (Å²) in [6, 6.07) is 10.6. The highest BCUT2D eigenvalue weighted by Gasteiger charge is 2.31. The van der Waals surface area contributed by atoms with E-state index in [4.69, 9.17) is 4.52 Å². The van der Waals surface area contributed by atoms with Crippen molar-refractivity contribution in [3.8, 4) is 11.5 Å². The standard InChI is InChI=1S/C18H25N5O/c1-2-21-10-12-22(13-11-21)16-8-9-23(14-16)18-19-17(24-20-18)15-6-4-3-5-7-15/h3-7,16H,2,8-14H2,1H3. The van der Waals surface area contributed by atoms with Crippen molar-refractivity contribution < 1.29 is 4.52 Å². The molecule has 128 valence electrons. The molecule has 0 saturated carbocycles. The van der Waals surface area contributed by atoms with Crippen LogP contribution in [-0.4, -0.2) is 71.8 Å². The maximum Gasteiger partial charge on any atom is 0.266 e. The van der Waals surface area contributed by atoms with Gasteiger partial charge in [-0.3, -0.25) is 4.90 Å². The molecular formula is C18H25N5O. The Morgan fingerprint density at radius 1 is 1.08 bits per heavy atom. The average molecular weight is 327 g/mol. The molecule has 1 aromatic heterocycles. The lowest BCUT2D eigenvalue weighted by Crippen LogP contribution is -2.50. The third-order valence-corrected chi connectivity index (χ3v) is 5.25. The highest BCUT2D eigenvalue weighted by Crippen LogP contribution is 2.24. The number of hydrogen-bond donors (Lipinski definition) is 0. The highest BCUT2D eigenvalue weighted by molar-refractivity contribution is 5.54. The Bertz CT molecular complexity index is 650. The predicted octanol–water partition coefficient (Wildman–Crippen LogP) is 1.95. The van der Waals surface area contributed by atoms with E-state index in [0.29, 0.717) is 11.9 Å². The summed E-state index contributed by atoms with van der Waals surface area (Å²) in [5.41, 5.74) is 0.975. The number of benzene rings is 1. The largest absolute Gasteiger partial charge is 0.337 e. The maximum atomic E-state index is 5.45. The molecule has 4 rings (SSSR count). The van der Waals surface area contributed by atoms with E-state index in [2.05, 4.69) is 31.8 Å². The Labute approximate surface area is 143 Å². The Morgan fingerprint density at radius 3 is 2.62 bits per heavy atom. The zero-order chi connectivity index (χ0) is 16.4. The number of hydrogen-bond acceptors (Lipinski definition) is 6. The SMILES string of the molecule is CCN1CCN(C2CCN(c3noc(-c4ccccc4)n3)C2)CC1. The van der Waals surface area contributed by atoms with Gasteiger partial charge >= 0.3 is 0 Å². The van der Waals surface area contributed by atoms with Gasteiger partial charge in [0.05, 0.1) is 0 Å². The molecule has 3 heterocycles. The molecule has 0 amide bonds. The maximum absolute atomic E-state index is 5.45. The fraction of sp³-hybridized carbons (Fsp3) is 0.556. The van der Waals surface area contributed by atoms with Crippen molar-refractivity contribution in [3.05, 3.63) is 30.3 Å². The molecule has 2 fully saturated rings. The average Bonchev–Trinajstić information content (AvgIpc) is 3.32. The van der Waals surface area contributed by atoms with Crippen molar-refractivity contribution in [1.82, 2.24) is 19.9 Å². The van der Waals surface area contributed by atoms with Crippen LogP contribution in [0.1, 0.15) is 13.3 Å². The topological polar surface area (TPSA) is 48.6 Å². The number of aromatic nitrogens is 2. The minimum absolute atomic E-state index is 0.602. The highest BCUT2D eigenvalue weighted by atomic mass is 16.5. The normalized spacial score (nSPS) is 23.0. The van der Waals surface area contributed by atoms with Crippen molar-refractivity contribution in [1.29, 1.82) is 0 Å². The smallest absolute Gasteiger partial charge is 0.266 e. The molecule has 2 aliphatic heterocycles. The molecule has 0 radical (unpaired) electrons. The first kappa shape index (κ1) is 15.6. The Morgan fingerprint density at radius 2 is 1.88 bits per heavy atom. The number of rotatable bonds is 4. The zero-order valence-corrected chi connectivity index (χ0v) is 14.3. The summed E-state index contributed by atoms with van der Waals surface area (Å²) in [6.45, 7) is 10.1. The molecule has 0 aliphatic carbocycles. The first-order valence-electron chi connectivity index (χ1n) is 8.94. The van der Waals surface area contributed by atoms with E-state index in [1.54, 1.807) is 0 Å². The first-order chi connectivity index (χ1) is 11.8. The van der Waals surface area contributed by atoms with Gasteiger partial charge in [0, 0.05) is 50.9 Å². The fourth-order valence-corrected chi connectivity index (χ4v) is 3.71. The van der Waals surface area contributed by atoms with Gasteiger partial charge in [-0.1, -0.05) is 25.1 Å². The monoisotopic (exact) mass is 327 g/mol. The quantitative estimate of drug-likeness (QED) is 0.855. The van der Waals surface area contributed by atoms with Crippen LogP contribution in [0, 0.1) is 0 Å². The van der Waals surface area contributed by atoms with Crippen molar-refractivity contribution in [2.24, 2.45) is 0 Å². The second kappa shape index (κ2) is 6.91. The van der Waals surface area contributed by atoms with Crippen LogP contribution < -0.4 is 4.90 Å². The molecule has 1 aromatic carbocycles. The molecule has 6 nitrogen and oxygen atoms in total. The summed E-state index contributed by atoms with van der Waals surface area (Å²) in [5.74, 6) is 1.33. The Kier molecular flexibility index (Phi) is 4.49. The van der Waals surface area contributed by atoms with Gasteiger partial charge in [0.25, 0.3) is 11.8 Å². The summed E-state index contributed by atoms with van der Waals surface area (Å²) < 4.78 is 5.45. The van der Waals surface area contributed by atoms with Crippen LogP contribution in [0.5, 0.6) is 0 Å². The summed E-state index contributed by atoms with van der Waals surface area (Å²) in [4.78, 5) is 12.0. The summed E-state index contributed by atoms with van der Waals surface area (Å²) >= 11 is 0. The second-order valence-corrected chi connectivity index (χ2v) is 6.62. The summed E-state index contributed by atoms with van der Waals surface area (Å²) in [7, 11) is 0. The minimum Gasteiger partial charge on any atom is -0.337 e. The van der Waals surface area contributed by atoms with Crippen LogP contribution >= 0.6 is 0 Å². The molecule has 0 bridgehead atoms. The van der Waals surface area contributed by atoms with Crippen molar-refractivity contribution >= 4 is 5.95 Å². The number of anilines is 1. The lowest BCUT2D eigenvalue weighted by atomic mass is 10.2. The van der Waals surface area contributed by atoms with Gasteiger partial charge in [0.2, 0.25) is 0 Å². The summed E-state index contributed by atoms with van der Waals surface area (Å²) in [6.07, 6.45) is 1.18. The van der Waals surface area contributed by atoms with E-state index < -0.39 is 0 Å². The molecule has 6 heteroatoms. The molecular weight excluding hydrogens is 302 g/mol. The van der Waals surface area contributed by atoms with Gasteiger partial charge in [-0.2, -0.15) is 4.98 Å². The van der Waals surface area contributed by atoms with Gasteiger partial charge in [0.1, 0.15) is 0 Å². The number of piperazine rings is 1. The third kappa shape index (κ3) is 3.16. The Hall–Kier alpha value is -1.92. The van der Waals surface area contributed by atoms with Crippen LogP contribution in [0.4, 0.5) is 5.95 Å². The molecule has 1 atom stereocenters. The summed E-state index contributed by atoms with van der Waals surface area (Å²) in [5, 5.41) is 4.19. The lowest BCUT2D eigenvalue weighted by molar-refractivity contribution is 0.107. The van der Waals surface area contributed by atoms with Crippen molar-refractivity contribution in [2.75, 3.05) is 50.7 Å². The second-order valence-electron chi connectivity index (χ2n) is 6.62. The molecule has 24 heavy (non-hydrogen) atoms. The molecule has 2 aromatic rings. The van der Waals surface area contributed by atoms with Crippen LogP contribution in [0.15, 0.2) is 34.9 Å². The van der Waals surface area contributed by atoms with Gasteiger partial charge in [-0.05, 0) is 30.3 Å². The molecule has 2 saturated heterocycles. The molecule has 0 spiro atoms. The van der Waals surface area contributed by atoms with E-state index in [1.807, 2.05) is 30.3 Å². The van der Waals surface area contributed by atoms with Crippen LogP contribution in [-0.2, 0) is 0 Å². The minimum atomic E-state index is 0.602. The first-order valence-corrected chi connectivity index (χ1v) is 8.94. The van der Waals surface area contributed by atoms with Crippen molar-refractivity contribution in [3.63, 3.8) is 0 Å². The lowest BCUT2D eigenvalue weighted by Gasteiger charge is -2.37.